The number of rotatable bonds is 1. The van der Waals surface area contributed by atoms with Gasteiger partial charge in [0.1, 0.15) is 0 Å². The molecule has 1 aliphatic carbocycles. The van der Waals surface area contributed by atoms with Gasteiger partial charge in [-0.1, -0.05) is 34.4 Å². The first kappa shape index (κ1) is 12.5. The van der Waals surface area contributed by atoms with Crippen LogP contribution in [0.4, 0.5) is 0 Å². The molecule has 0 saturated heterocycles. The first-order chi connectivity index (χ1) is 8.20. The summed E-state index contributed by atoms with van der Waals surface area (Å²) < 4.78 is 0. The number of oxime groups is 1. The average Bonchev–Trinajstić information content (AvgIpc) is 2.33. The van der Waals surface area contributed by atoms with Crippen LogP contribution in [0.25, 0.3) is 6.08 Å². The lowest BCUT2D eigenvalue weighted by Gasteiger charge is -2.15. The first-order valence-corrected chi connectivity index (χ1v) is 6.33. The molecule has 2 nitrogen and oxygen atoms in total. The van der Waals surface area contributed by atoms with Crippen LogP contribution in [-0.2, 0) is 0 Å². The number of benzene rings is 1. The van der Waals surface area contributed by atoms with Gasteiger partial charge in [0.05, 0.1) is 5.71 Å². The smallest absolute Gasteiger partial charge is 0.0827 e. The van der Waals surface area contributed by atoms with Crippen molar-refractivity contribution in [2.45, 2.75) is 25.7 Å². The SMILES string of the molecule is ON=C1CCCCC1=Cc1ccc(Cl)cc1Cl. The van der Waals surface area contributed by atoms with Gasteiger partial charge in [0.15, 0.2) is 0 Å². The minimum Gasteiger partial charge on any atom is -0.411 e. The molecule has 4 heteroatoms. The molecular weight excluding hydrogens is 257 g/mol. The van der Waals surface area contributed by atoms with Gasteiger partial charge in [-0.3, -0.25) is 0 Å². The molecule has 0 bridgehead atoms. The van der Waals surface area contributed by atoms with Gasteiger partial charge in [0.2, 0.25) is 0 Å². The Kier molecular flexibility index (Phi) is 4.08. The topological polar surface area (TPSA) is 32.6 Å². The fourth-order valence-corrected chi connectivity index (χ4v) is 2.45. The van der Waals surface area contributed by atoms with E-state index in [0.717, 1.165) is 42.5 Å². The lowest BCUT2D eigenvalue weighted by Crippen LogP contribution is -2.08. The van der Waals surface area contributed by atoms with E-state index in [1.54, 1.807) is 12.1 Å². The monoisotopic (exact) mass is 269 g/mol. The molecule has 0 unspecified atom stereocenters. The number of allylic oxidation sites excluding steroid dienone is 1. The van der Waals surface area contributed by atoms with E-state index < -0.39 is 0 Å². The van der Waals surface area contributed by atoms with Gasteiger partial charge in [-0.2, -0.15) is 0 Å². The molecule has 0 amide bonds. The third-order valence-corrected chi connectivity index (χ3v) is 3.46. The van der Waals surface area contributed by atoms with Crippen molar-refractivity contribution in [3.8, 4) is 0 Å². The summed E-state index contributed by atoms with van der Waals surface area (Å²) >= 11 is 12.0. The van der Waals surface area contributed by atoms with Crippen LogP contribution in [0, 0.1) is 0 Å². The molecule has 0 heterocycles. The van der Waals surface area contributed by atoms with Crippen LogP contribution in [0.3, 0.4) is 0 Å². The Balaban J connectivity index is 2.34. The lowest BCUT2D eigenvalue weighted by atomic mass is 9.91. The summed E-state index contributed by atoms with van der Waals surface area (Å²) in [6.07, 6.45) is 5.93. The fraction of sp³-hybridized carbons (Fsp3) is 0.308. The van der Waals surface area contributed by atoms with Crippen LogP contribution in [0.1, 0.15) is 31.2 Å². The van der Waals surface area contributed by atoms with E-state index in [4.69, 9.17) is 28.4 Å². The summed E-state index contributed by atoms with van der Waals surface area (Å²) in [7, 11) is 0. The molecule has 0 aromatic heterocycles. The third-order valence-electron chi connectivity index (χ3n) is 2.89. The second kappa shape index (κ2) is 5.56. The Hall–Kier alpha value is -0.990. The Bertz CT molecular complexity index is 480. The van der Waals surface area contributed by atoms with Gasteiger partial charge in [0, 0.05) is 10.0 Å². The standard InChI is InChI=1S/C13H13Cl2NO/c14-11-6-5-9(12(15)8-11)7-10-3-1-2-4-13(10)16-17/h5-8,17H,1-4H2. The van der Waals surface area contributed by atoms with Gasteiger partial charge in [0.25, 0.3) is 0 Å². The lowest BCUT2D eigenvalue weighted by molar-refractivity contribution is 0.316. The number of hydrogen-bond acceptors (Lipinski definition) is 2. The van der Waals surface area contributed by atoms with E-state index in [1.165, 1.54) is 0 Å². The van der Waals surface area contributed by atoms with Crippen molar-refractivity contribution in [2.24, 2.45) is 5.16 Å². The predicted octanol–water partition coefficient (Wildman–Crippen LogP) is 4.78. The van der Waals surface area contributed by atoms with Crippen molar-refractivity contribution in [1.29, 1.82) is 0 Å². The quantitative estimate of drug-likeness (QED) is 0.578. The zero-order valence-corrected chi connectivity index (χ0v) is 10.8. The van der Waals surface area contributed by atoms with Crippen LogP contribution in [-0.4, -0.2) is 10.9 Å². The van der Waals surface area contributed by atoms with Gasteiger partial charge < -0.3 is 5.21 Å². The van der Waals surface area contributed by atoms with Crippen molar-refractivity contribution in [3.05, 3.63) is 39.4 Å². The first-order valence-electron chi connectivity index (χ1n) is 5.57. The maximum absolute atomic E-state index is 8.95. The van der Waals surface area contributed by atoms with Crippen molar-refractivity contribution < 1.29 is 5.21 Å². The largest absolute Gasteiger partial charge is 0.411 e. The molecule has 0 radical (unpaired) electrons. The summed E-state index contributed by atoms with van der Waals surface area (Å²) in [5, 5.41) is 13.5. The molecule has 17 heavy (non-hydrogen) atoms. The van der Waals surface area contributed by atoms with E-state index in [2.05, 4.69) is 5.16 Å². The Morgan fingerprint density at radius 2 is 1.94 bits per heavy atom. The van der Waals surface area contributed by atoms with Crippen LogP contribution < -0.4 is 0 Å². The minimum absolute atomic E-state index is 0.618. The van der Waals surface area contributed by atoms with Crippen molar-refractivity contribution >= 4 is 35.0 Å². The molecule has 1 aromatic carbocycles. The van der Waals surface area contributed by atoms with Crippen molar-refractivity contribution in [1.82, 2.24) is 0 Å². The predicted molar refractivity (Wildman–Crippen MR) is 72.1 cm³/mol. The molecule has 1 aromatic rings. The zero-order chi connectivity index (χ0) is 12.3. The molecular formula is C13H13Cl2NO. The maximum Gasteiger partial charge on any atom is 0.0827 e. The van der Waals surface area contributed by atoms with Gasteiger partial charge in [-0.15, -0.1) is 0 Å². The second-order valence-electron chi connectivity index (χ2n) is 4.09. The average molecular weight is 270 g/mol. The summed E-state index contributed by atoms with van der Waals surface area (Å²) in [6, 6.07) is 5.40. The van der Waals surface area contributed by atoms with Crippen LogP contribution >= 0.6 is 23.2 Å². The highest BCUT2D eigenvalue weighted by Gasteiger charge is 2.14. The van der Waals surface area contributed by atoms with E-state index >= 15 is 0 Å². The zero-order valence-electron chi connectivity index (χ0n) is 9.29. The molecule has 0 atom stereocenters. The number of halogens is 2. The summed E-state index contributed by atoms with van der Waals surface area (Å²) in [5.74, 6) is 0. The van der Waals surface area contributed by atoms with Gasteiger partial charge >= 0.3 is 0 Å². The second-order valence-corrected chi connectivity index (χ2v) is 4.93. The molecule has 1 N–H and O–H groups in total. The highest BCUT2D eigenvalue weighted by Crippen LogP contribution is 2.27. The fourth-order valence-electron chi connectivity index (χ4n) is 1.99. The molecule has 0 aliphatic heterocycles. The van der Waals surface area contributed by atoms with Crippen LogP contribution in [0.2, 0.25) is 10.0 Å². The summed E-state index contributed by atoms with van der Waals surface area (Å²) in [5.41, 5.74) is 2.74. The summed E-state index contributed by atoms with van der Waals surface area (Å²) in [4.78, 5) is 0. The molecule has 90 valence electrons. The highest BCUT2D eigenvalue weighted by atomic mass is 35.5. The highest BCUT2D eigenvalue weighted by molar-refractivity contribution is 6.35. The van der Waals surface area contributed by atoms with Crippen molar-refractivity contribution in [2.75, 3.05) is 0 Å². The summed E-state index contributed by atoms with van der Waals surface area (Å²) in [6.45, 7) is 0. The van der Waals surface area contributed by atoms with E-state index in [1.807, 2.05) is 12.1 Å². The van der Waals surface area contributed by atoms with E-state index in [-0.39, 0.29) is 0 Å². The number of nitrogens with zero attached hydrogens (tertiary/aromatic N) is 1. The Morgan fingerprint density at radius 1 is 1.18 bits per heavy atom. The van der Waals surface area contributed by atoms with E-state index in [9.17, 15) is 0 Å². The normalized spacial score (nSPS) is 21.1. The van der Waals surface area contributed by atoms with E-state index in [0.29, 0.717) is 10.0 Å². The van der Waals surface area contributed by atoms with Crippen molar-refractivity contribution in [3.63, 3.8) is 0 Å². The third kappa shape index (κ3) is 3.02. The Labute approximate surface area is 111 Å². The molecule has 2 rings (SSSR count). The molecule has 1 aliphatic rings. The van der Waals surface area contributed by atoms with Crippen LogP contribution in [0.15, 0.2) is 28.9 Å². The van der Waals surface area contributed by atoms with Crippen LogP contribution in [0.5, 0.6) is 0 Å². The maximum atomic E-state index is 8.95. The molecule has 1 fully saturated rings. The minimum atomic E-state index is 0.618. The number of hydrogen-bond donors (Lipinski definition) is 1. The molecule has 0 spiro atoms. The molecule has 1 saturated carbocycles. The Morgan fingerprint density at radius 3 is 2.65 bits per heavy atom. The van der Waals surface area contributed by atoms with Gasteiger partial charge in [-0.25, -0.2) is 0 Å². The van der Waals surface area contributed by atoms with Gasteiger partial charge in [-0.05, 0) is 55.0 Å².